The molecule has 4 N–H and O–H groups in total. The third-order valence-electron chi connectivity index (χ3n) is 2.77. The summed E-state index contributed by atoms with van der Waals surface area (Å²) in [5.74, 6) is 0.101. The van der Waals surface area contributed by atoms with Gasteiger partial charge in [0.2, 0.25) is 0 Å². The van der Waals surface area contributed by atoms with Gasteiger partial charge in [-0.2, -0.15) is 0 Å². The molecule has 0 heterocycles. The Hall–Kier alpha value is -1.07. The summed E-state index contributed by atoms with van der Waals surface area (Å²) in [6.07, 6.45) is 0. The van der Waals surface area contributed by atoms with Gasteiger partial charge < -0.3 is 11.5 Å². The Morgan fingerprint density at radius 2 is 2.00 bits per heavy atom. The number of anilines is 1. The molecule has 0 saturated carbocycles. The van der Waals surface area contributed by atoms with Crippen LogP contribution in [0.2, 0.25) is 0 Å². The largest absolute Gasteiger partial charge is 0.399 e. The average Bonchev–Trinajstić information content (AvgIpc) is 2.27. The lowest BCUT2D eigenvalue weighted by Gasteiger charge is -2.20. The van der Waals surface area contributed by atoms with Crippen molar-refractivity contribution in [2.75, 3.05) is 11.5 Å². The molecule has 0 radical (unpaired) electrons. The normalized spacial score (nSPS) is 15.7. The maximum atomic E-state index is 11.7. The first-order valence-electron chi connectivity index (χ1n) is 5.21. The van der Waals surface area contributed by atoms with Gasteiger partial charge in [-0.3, -0.25) is 0 Å². The van der Waals surface area contributed by atoms with Crippen molar-refractivity contribution in [1.82, 2.24) is 0 Å². The number of benzene rings is 1. The Kier molecular flexibility index (Phi) is 3.93. The summed E-state index contributed by atoms with van der Waals surface area (Å²) in [5.41, 5.74) is 12.9. The van der Waals surface area contributed by atoms with Crippen molar-refractivity contribution in [3.05, 3.63) is 29.8 Å². The molecule has 1 aromatic rings. The topological polar surface area (TPSA) is 86.2 Å². The molecule has 0 fully saturated rings. The summed E-state index contributed by atoms with van der Waals surface area (Å²) in [5, 5.41) is -0.598. The minimum Gasteiger partial charge on any atom is -0.399 e. The third kappa shape index (κ3) is 2.74. The second-order valence-corrected chi connectivity index (χ2v) is 6.50. The fourth-order valence-corrected chi connectivity index (χ4v) is 2.65. The Bertz CT molecular complexity index is 457. The molecular formula is C11H18N2O2S. The molecule has 0 spiro atoms. The van der Waals surface area contributed by atoms with Gasteiger partial charge in [0, 0.05) is 17.5 Å². The molecule has 0 aliphatic heterocycles. The average molecular weight is 242 g/mol. The predicted molar refractivity (Wildman–Crippen MR) is 66.7 cm³/mol. The zero-order valence-electron chi connectivity index (χ0n) is 9.55. The Labute approximate surface area is 96.6 Å². The lowest BCUT2D eigenvalue weighted by molar-refractivity contribution is 0.566. The summed E-state index contributed by atoms with van der Waals surface area (Å²) in [4.78, 5) is 0. The summed E-state index contributed by atoms with van der Waals surface area (Å²) in [7, 11) is -3.12. The molecule has 16 heavy (non-hydrogen) atoms. The Morgan fingerprint density at radius 3 is 2.50 bits per heavy atom. The van der Waals surface area contributed by atoms with Gasteiger partial charge in [0.25, 0.3) is 0 Å². The number of hydrogen-bond acceptors (Lipinski definition) is 4. The minimum atomic E-state index is -3.12. The highest BCUT2D eigenvalue weighted by molar-refractivity contribution is 7.92. The van der Waals surface area contributed by atoms with E-state index in [-0.39, 0.29) is 5.75 Å². The van der Waals surface area contributed by atoms with Crippen LogP contribution in [0.5, 0.6) is 0 Å². The molecule has 5 heteroatoms. The van der Waals surface area contributed by atoms with E-state index in [0.29, 0.717) is 5.69 Å². The van der Waals surface area contributed by atoms with Crippen molar-refractivity contribution < 1.29 is 8.42 Å². The summed E-state index contributed by atoms with van der Waals surface area (Å²) < 4.78 is 23.4. The standard InChI is InChI=1S/C11H18N2O2S/c1-3-16(14,15)8(2)11(13)9-5-4-6-10(12)7-9/h4-8,11H,3,12-13H2,1-2H3/t8-,11-/m0/s1. The smallest absolute Gasteiger partial charge is 0.154 e. The first-order valence-corrected chi connectivity index (χ1v) is 6.92. The first kappa shape index (κ1) is 13.0. The van der Waals surface area contributed by atoms with Crippen LogP contribution in [-0.4, -0.2) is 19.4 Å². The molecule has 0 aliphatic carbocycles. The molecular weight excluding hydrogens is 224 g/mol. The molecule has 4 nitrogen and oxygen atoms in total. The van der Waals surface area contributed by atoms with Crippen LogP contribution in [0.3, 0.4) is 0 Å². The lowest BCUT2D eigenvalue weighted by Crippen LogP contribution is -2.32. The van der Waals surface area contributed by atoms with Gasteiger partial charge in [-0.15, -0.1) is 0 Å². The summed E-state index contributed by atoms with van der Waals surface area (Å²) in [6, 6.07) is 6.49. The van der Waals surface area contributed by atoms with Gasteiger partial charge in [-0.05, 0) is 24.6 Å². The van der Waals surface area contributed by atoms with Gasteiger partial charge in [0.05, 0.1) is 5.25 Å². The quantitative estimate of drug-likeness (QED) is 0.774. The molecule has 0 aliphatic rings. The maximum absolute atomic E-state index is 11.7. The molecule has 1 rings (SSSR count). The fourth-order valence-electron chi connectivity index (χ4n) is 1.52. The molecule has 0 aromatic heterocycles. The van der Waals surface area contributed by atoms with Gasteiger partial charge in [0.1, 0.15) is 0 Å². The van der Waals surface area contributed by atoms with E-state index in [2.05, 4.69) is 0 Å². The van der Waals surface area contributed by atoms with E-state index in [1.807, 2.05) is 0 Å². The highest BCUT2D eigenvalue weighted by Gasteiger charge is 2.26. The number of nitrogens with two attached hydrogens (primary N) is 2. The monoisotopic (exact) mass is 242 g/mol. The van der Waals surface area contributed by atoms with Crippen molar-refractivity contribution in [2.45, 2.75) is 25.1 Å². The van der Waals surface area contributed by atoms with Gasteiger partial charge in [0.15, 0.2) is 9.84 Å². The van der Waals surface area contributed by atoms with Crippen molar-refractivity contribution in [3.63, 3.8) is 0 Å². The number of rotatable bonds is 4. The molecule has 1 aromatic carbocycles. The second kappa shape index (κ2) is 4.84. The van der Waals surface area contributed by atoms with Gasteiger partial charge in [-0.1, -0.05) is 19.1 Å². The highest BCUT2D eigenvalue weighted by atomic mass is 32.2. The zero-order valence-corrected chi connectivity index (χ0v) is 10.4. The van der Waals surface area contributed by atoms with Crippen LogP contribution in [0.25, 0.3) is 0 Å². The van der Waals surface area contributed by atoms with Crippen molar-refractivity contribution >= 4 is 15.5 Å². The summed E-state index contributed by atoms with van der Waals surface area (Å²) >= 11 is 0. The van der Waals surface area contributed by atoms with E-state index in [1.54, 1.807) is 38.1 Å². The Morgan fingerprint density at radius 1 is 1.38 bits per heavy atom. The van der Waals surface area contributed by atoms with Crippen LogP contribution in [0.4, 0.5) is 5.69 Å². The maximum Gasteiger partial charge on any atom is 0.154 e. The molecule has 2 atom stereocenters. The van der Waals surface area contributed by atoms with Crippen LogP contribution in [0, 0.1) is 0 Å². The van der Waals surface area contributed by atoms with Gasteiger partial charge >= 0.3 is 0 Å². The van der Waals surface area contributed by atoms with Gasteiger partial charge in [-0.25, -0.2) is 8.42 Å². The third-order valence-corrected chi connectivity index (χ3v) is 5.00. The van der Waals surface area contributed by atoms with E-state index in [1.165, 1.54) is 0 Å². The highest BCUT2D eigenvalue weighted by Crippen LogP contribution is 2.21. The summed E-state index contributed by atoms with van der Waals surface area (Å²) in [6.45, 7) is 3.25. The van der Waals surface area contributed by atoms with Crippen molar-refractivity contribution in [1.29, 1.82) is 0 Å². The van der Waals surface area contributed by atoms with E-state index in [0.717, 1.165) is 5.56 Å². The van der Waals surface area contributed by atoms with E-state index in [9.17, 15) is 8.42 Å². The lowest BCUT2D eigenvalue weighted by atomic mass is 10.0. The van der Waals surface area contributed by atoms with Crippen molar-refractivity contribution in [3.8, 4) is 0 Å². The number of nitrogen functional groups attached to an aromatic ring is 1. The molecule has 0 saturated heterocycles. The van der Waals surface area contributed by atoms with E-state index < -0.39 is 21.1 Å². The number of sulfone groups is 1. The molecule has 0 unspecified atom stereocenters. The van der Waals surface area contributed by atoms with E-state index in [4.69, 9.17) is 11.5 Å². The van der Waals surface area contributed by atoms with Crippen LogP contribution >= 0.6 is 0 Å². The molecule has 90 valence electrons. The molecule has 0 amide bonds. The number of hydrogen-bond donors (Lipinski definition) is 2. The molecule has 0 bridgehead atoms. The van der Waals surface area contributed by atoms with Crippen LogP contribution in [0.15, 0.2) is 24.3 Å². The van der Waals surface area contributed by atoms with Crippen molar-refractivity contribution in [2.24, 2.45) is 5.73 Å². The zero-order chi connectivity index (χ0) is 12.3. The second-order valence-electron chi connectivity index (χ2n) is 3.85. The minimum absolute atomic E-state index is 0.101. The van der Waals surface area contributed by atoms with Crippen LogP contribution in [0.1, 0.15) is 25.5 Å². The van der Waals surface area contributed by atoms with E-state index >= 15 is 0 Å². The fraction of sp³-hybridized carbons (Fsp3) is 0.455. The van der Waals surface area contributed by atoms with Crippen LogP contribution < -0.4 is 11.5 Å². The first-order chi connectivity index (χ1) is 7.38. The SMILES string of the molecule is CCS(=O)(=O)[C@@H](C)[C@H](N)c1cccc(N)c1. The van der Waals surface area contributed by atoms with Crippen LogP contribution in [-0.2, 0) is 9.84 Å². The predicted octanol–water partition coefficient (Wildman–Crippen LogP) is 1.09. The Balaban J connectivity index is 2.99.